The number of hydrogen-bond donors (Lipinski definition) is 1. The molecule has 0 atom stereocenters. The lowest BCUT2D eigenvalue weighted by Crippen LogP contribution is -1.94. The first-order chi connectivity index (χ1) is 9.63. The van der Waals surface area contributed by atoms with Crippen molar-refractivity contribution >= 4 is 10.9 Å². The van der Waals surface area contributed by atoms with E-state index in [1.54, 1.807) is 30.3 Å². The van der Waals surface area contributed by atoms with Crippen molar-refractivity contribution in [2.24, 2.45) is 7.05 Å². The second-order valence-electron chi connectivity index (χ2n) is 4.71. The van der Waals surface area contributed by atoms with Gasteiger partial charge in [-0.3, -0.25) is 0 Å². The van der Waals surface area contributed by atoms with Crippen LogP contribution in [0.5, 0.6) is 11.5 Å². The second-order valence-corrected chi connectivity index (χ2v) is 4.71. The first kappa shape index (κ1) is 12.5. The summed E-state index contributed by atoms with van der Waals surface area (Å²) in [6.07, 6.45) is 1.92. The van der Waals surface area contributed by atoms with Crippen molar-refractivity contribution in [1.82, 2.24) is 4.57 Å². The van der Waals surface area contributed by atoms with E-state index in [9.17, 15) is 9.50 Å². The lowest BCUT2D eigenvalue weighted by molar-refractivity contribution is 0.305. The minimum Gasteiger partial charge on any atom is -0.508 e. The minimum atomic E-state index is -0.262. The van der Waals surface area contributed by atoms with E-state index in [4.69, 9.17) is 4.74 Å². The van der Waals surface area contributed by atoms with Crippen LogP contribution in [0.3, 0.4) is 0 Å². The number of benzene rings is 2. The molecule has 0 unspecified atom stereocenters. The van der Waals surface area contributed by atoms with Gasteiger partial charge in [0.05, 0.1) is 0 Å². The van der Waals surface area contributed by atoms with Crippen LogP contribution in [0.4, 0.5) is 4.39 Å². The van der Waals surface area contributed by atoms with Gasteiger partial charge in [-0.1, -0.05) is 6.07 Å². The van der Waals surface area contributed by atoms with E-state index < -0.39 is 0 Å². The lowest BCUT2D eigenvalue weighted by atomic mass is 10.2. The van der Waals surface area contributed by atoms with E-state index >= 15 is 0 Å². The molecular formula is C16H14FNO2. The van der Waals surface area contributed by atoms with Crippen molar-refractivity contribution in [2.75, 3.05) is 0 Å². The number of phenols is 1. The zero-order valence-corrected chi connectivity index (χ0v) is 11.0. The highest BCUT2D eigenvalue weighted by Gasteiger charge is 2.08. The molecule has 3 rings (SSSR count). The van der Waals surface area contributed by atoms with Gasteiger partial charge in [0.1, 0.15) is 23.9 Å². The third-order valence-corrected chi connectivity index (χ3v) is 3.25. The molecule has 0 amide bonds. The Balaban J connectivity index is 1.89. The normalized spacial score (nSPS) is 10.9. The average Bonchev–Trinajstić information content (AvgIpc) is 2.73. The summed E-state index contributed by atoms with van der Waals surface area (Å²) in [6.45, 7) is 0.324. The van der Waals surface area contributed by atoms with Gasteiger partial charge >= 0.3 is 0 Å². The van der Waals surface area contributed by atoms with Crippen LogP contribution in [-0.4, -0.2) is 9.67 Å². The van der Waals surface area contributed by atoms with E-state index in [0.29, 0.717) is 12.4 Å². The standard InChI is InChI=1S/C16H14FNO2/c1-18-9-11(15-7-12(17)5-6-16(15)18)10-20-14-4-2-3-13(19)8-14/h2-9,19H,10H2,1H3. The van der Waals surface area contributed by atoms with Crippen molar-refractivity contribution in [3.63, 3.8) is 0 Å². The highest BCUT2D eigenvalue weighted by molar-refractivity contribution is 5.83. The summed E-state index contributed by atoms with van der Waals surface area (Å²) in [5.74, 6) is 0.479. The predicted molar refractivity (Wildman–Crippen MR) is 75.3 cm³/mol. The van der Waals surface area contributed by atoms with Gasteiger partial charge in [0, 0.05) is 35.8 Å². The molecule has 3 nitrogen and oxygen atoms in total. The molecule has 20 heavy (non-hydrogen) atoms. The molecule has 1 aromatic heterocycles. The Labute approximate surface area is 115 Å². The quantitative estimate of drug-likeness (QED) is 0.789. The molecule has 1 heterocycles. The highest BCUT2D eigenvalue weighted by Crippen LogP contribution is 2.24. The smallest absolute Gasteiger partial charge is 0.123 e. The van der Waals surface area contributed by atoms with Gasteiger partial charge < -0.3 is 14.4 Å². The van der Waals surface area contributed by atoms with Crippen molar-refractivity contribution < 1.29 is 14.2 Å². The largest absolute Gasteiger partial charge is 0.508 e. The number of hydrogen-bond acceptors (Lipinski definition) is 2. The molecule has 2 aromatic carbocycles. The third kappa shape index (κ3) is 2.32. The Morgan fingerprint density at radius 1 is 1.20 bits per heavy atom. The molecule has 0 saturated heterocycles. The molecule has 0 fully saturated rings. The predicted octanol–water partition coefficient (Wildman–Crippen LogP) is 3.60. The van der Waals surface area contributed by atoms with E-state index in [1.807, 2.05) is 17.8 Å². The summed E-state index contributed by atoms with van der Waals surface area (Å²) in [6, 6.07) is 11.3. The van der Waals surface area contributed by atoms with Crippen LogP contribution in [0.25, 0.3) is 10.9 Å². The van der Waals surface area contributed by atoms with Crippen LogP contribution >= 0.6 is 0 Å². The number of fused-ring (bicyclic) bond motifs is 1. The number of aryl methyl sites for hydroxylation is 1. The Bertz CT molecular complexity index is 764. The number of aromatic nitrogens is 1. The topological polar surface area (TPSA) is 34.4 Å². The van der Waals surface area contributed by atoms with Crippen LogP contribution in [0.1, 0.15) is 5.56 Å². The maximum Gasteiger partial charge on any atom is 0.123 e. The average molecular weight is 271 g/mol. The van der Waals surface area contributed by atoms with Crippen molar-refractivity contribution in [1.29, 1.82) is 0 Å². The molecule has 0 radical (unpaired) electrons. The molecule has 0 aliphatic rings. The number of ether oxygens (including phenoxy) is 1. The van der Waals surface area contributed by atoms with Gasteiger partial charge in [0.15, 0.2) is 0 Å². The van der Waals surface area contributed by atoms with Crippen LogP contribution in [-0.2, 0) is 13.7 Å². The van der Waals surface area contributed by atoms with E-state index in [1.165, 1.54) is 12.1 Å². The van der Waals surface area contributed by atoms with Gasteiger partial charge in [-0.05, 0) is 30.3 Å². The van der Waals surface area contributed by atoms with E-state index in [-0.39, 0.29) is 11.6 Å². The molecule has 1 N–H and O–H groups in total. The number of halogens is 1. The molecule has 3 aromatic rings. The summed E-state index contributed by atoms with van der Waals surface area (Å²) >= 11 is 0. The van der Waals surface area contributed by atoms with E-state index in [2.05, 4.69) is 0 Å². The Kier molecular flexibility index (Phi) is 3.06. The molecular weight excluding hydrogens is 257 g/mol. The molecule has 0 aliphatic carbocycles. The molecule has 0 bridgehead atoms. The maximum absolute atomic E-state index is 13.4. The Hall–Kier alpha value is -2.49. The number of nitrogens with zero attached hydrogens (tertiary/aromatic N) is 1. The first-order valence-corrected chi connectivity index (χ1v) is 6.29. The van der Waals surface area contributed by atoms with Gasteiger partial charge in [-0.15, -0.1) is 0 Å². The van der Waals surface area contributed by atoms with Crippen LogP contribution in [0.15, 0.2) is 48.7 Å². The maximum atomic E-state index is 13.4. The van der Waals surface area contributed by atoms with Gasteiger partial charge in [0.25, 0.3) is 0 Å². The first-order valence-electron chi connectivity index (χ1n) is 6.29. The fraction of sp³-hybridized carbons (Fsp3) is 0.125. The summed E-state index contributed by atoms with van der Waals surface area (Å²) in [7, 11) is 1.91. The van der Waals surface area contributed by atoms with Gasteiger partial charge in [-0.2, -0.15) is 0 Å². The van der Waals surface area contributed by atoms with Crippen LogP contribution in [0.2, 0.25) is 0 Å². The summed E-state index contributed by atoms with van der Waals surface area (Å²) in [5, 5.41) is 10.2. The molecule has 102 valence electrons. The van der Waals surface area contributed by atoms with Crippen molar-refractivity contribution in [3.8, 4) is 11.5 Å². The van der Waals surface area contributed by atoms with Crippen LogP contribution < -0.4 is 4.74 Å². The summed E-state index contributed by atoms with van der Waals surface area (Å²) in [4.78, 5) is 0. The minimum absolute atomic E-state index is 0.159. The highest BCUT2D eigenvalue weighted by atomic mass is 19.1. The van der Waals surface area contributed by atoms with Gasteiger partial charge in [0.2, 0.25) is 0 Å². The van der Waals surface area contributed by atoms with Gasteiger partial charge in [-0.25, -0.2) is 4.39 Å². The van der Waals surface area contributed by atoms with Crippen LogP contribution in [0, 0.1) is 5.82 Å². The number of aromatic hydroxyl groups is 1. The fourth-order valence-corrected chi connectivity index (χ4v) is 2.30. The summed E-state index contributed by atoms with van der Waals surface area (Å²) < 4.78 is 20.9. The molecule has 0 aliphatic heterocycles. The summed E-state index contributed by atoms with van der Waals surface area (Å²) in [5.41, 5.74) is 1.87. The number of phenolic OH excluding ortho intramolecular Hbond substituents is 1. The molecule has 0 saturated carbocycles. The zero-order chi connectivity index (χ0) is 14.1. The Morgan fingerprint density at radius 3 is 2.85 bits per heavy atom. The lowest BCUT2D eigenvalue weighted by Gasteiger charge is -2.05. The number of rotatable bonds is 3. The molecule has 0 spiro atoms. The monoisotopic (exact) mass is 271 g/mol. The third-order valence-electron chi connectivity index (χ3n) is 3.25. The van der Waals surface area contributed by atoms with Crippen molar-refractivity contribution in [3.05, 3.63) is 60.0 Å². The SMILES string of the molecule is Cn1cc(COc2cccc(O)c2)c2cc(F)ccc21. The van der Waals surface area contributed by atoms with E-state index in [0.717, 1.165) is 16.5 Å². The molecule has 4 heteroatoms. The fourth-order valence-electron chi connectivity index (χ4n) is 2.30. The van der Waals surface area contributed by atoms with Crippen molar-refractivity contribution in [2.45, 2.75) is 6.61 Å². The zero-order valence-electron chi connectivity index (χ0n) is 11.0. The Morgan fingerprint density at radius 2 is 2.05 bits per heavy atom. The second kappa shape index (κ2) is 4.89.